The third-order valence-corrected chi connectivity index (χ3v) is 6.60. The van der Waals surface area contributed by atoms with Gasteiger partial charge in [-0.2, -0.15) is 0 Å². The fraction of sp³-hybridized carbons (Fsp3) is 0.400. The molecule has 1 aliphatic rings. The van der Waals surface area contributed by atoms with E-state index in [9.17, 15) is 9.59 Å². The van der Waals surface area contributed by atoms with Gasteiger partial charge in [-0.05, 0) is 48.2 Å². The van der Waals surface area contributed by atoms with Crippen molar-refractivity contribution >= 4 is 34.9 Å². The van der Waals surface area contributed by atoms with Crippen molar-refractivity contribution in [2.24, 2.45) is 5.73 Å². The normalized spacial score (nSPS) is 16.2. The minimum atomic E-state index is -0.453. The van der Waals surface area contributed by atoms with Crippen LogP contribution in [0.4, 0.5) is 0 Å². The van der Waals surface area contributed by atoms with Crippen LogP contribution in [0.2, 0.25) is 0 Å². The van der Waals surface area contributed by atoms with Gasteiger partial charge in [0.25, 0.3) is 0 Å². The van der Waals surface area contributed by atoms with Gasteiger partial charge < -0.3 is 11.1 Å². The maximum Gasteiger partial charge on any atom is 0.248 e. The van der Waals surface area contributed by atoms with Crippen molar-refractivity contribution in [2.45, 2.75) is 49.0 Å². The Hall–Kier alpha value is -1.79. The lowest BCUT2D eigenvalue weighted by Gasteiger charge is -2.26. The molecule has 1 aliphatic carbocycles. The van der Waals surface area contributed by atoms with Crippen molar-refractivity contribution in [1.82, 2.24) is 5.32 Å². The number of primary amides is 1. The summed E-state index contributed by atoms with van der Waals surface area (Å²) in [5, 5.41) is 5.25. The lowest BCUT2D eigenvalue weighted by atomic mass is 9.92. The Labute approximate surface area is 162 Å². The second-order valence-electron chi connectivity index (χ2n) is 6.61. The van der Waals surface area contributed by atoms with E-state index in [1.54, 1.807) is 23.5 Å². The number of rotatable bonds is 6. The molecule has 0 aliphatic heterocycles. The van der Waals surface area contributed by atoms with E-state index in [-0.39, 0.29) is 17.9 Å². The lowest BCUT2D eigenvalue weighted by molar-refractivity contribution is -0.122. The van der Waals surface area contributed by atoms with Crippen LogP contribution >= 0.6 is 23.1 Å². The minimum absolute atomic E-state index is 0.0430. The summed E-state index contributed by atoms with van der Waals surface area (Å²) in [6, 6.07) is 9.61. The van der Waals surface area contributed by atoms with Crippen molar-refractivity contribution in [2.75, 3.05) is 6.26 Å². The third kappa shape index (κ3) is 4.30. The van der Waals surface area contributed by atoms with Crippen LogP contribution in [-0.2, 0) is 4.79 Å². The first-order valence-corrected chi connectivity index (χ1v) is 11.0. The average molecular weight is 389 g/mol. The van der Waals surface area contributed by atoms with Gasteiger partial charge >= 0.3 is 0 Å². The Morgan fingerprint density at radius 1 is 1.23 bits per heavy atom. The molecule has 1 aromatic heterocycles. The summed E-state index contributed by atoms with van der Waals surface area (Å²) >= 11 is 3.12. The van der Waals surface area contributed by atoms with E-state index in [0.29, 0.717) is 5.56 Å². The maximum atomic E-state index is 13.2. The van der Waals surface area contributed by atoms with Crippen LogP contribution in [0.1, 0.15) is 58.8 Å². The van der Waals surface area contributed by atoms with Crippen LogP contribution in [-0.4, -0.2) is 24.1 Å². The number of nitrogens with two attached hydrogens (primary N) is 1. The molecule has 2 aromatic rings. The van der Waals surface area contributed by atoms with Crippen LogP contribution in [0.25, 0.3) is 0 Å². The lowest BCUT2D eigenvalue weighted by Crippen LogP contribution is -2.39. The summed E-state index contributed by atoms with van der Waals surface area (Å²) in [6.45, 7) is 0. The summed E-state index contributed by atoms with van der Waals surface area (Å²) in [6.07, 6.45) is 7.67. The van der Waals surface area contributed by atoms with E-state index in [2.05, 4.69) is 5.32 Å². The van der Waals surface area contributed by atoms with Crippen molar-refractivity contribution in [3.8, 4) is 0 Å². The summed E-state index contributed by atoms with van der Waals surface area (Å²) < 4.78 is 0. The topological polar surface area (TPSA) is 72.2 Å². The third-order valence-electron chi connectivity index (χ3n) is 4.87. The number of amides is 2. The van der Waals surface area contributed by atoms with E-state index >= 15 is 0 Å². The smallest absolute Gasteiger partial charge is 0.248 e. The van der Waals surface area contributed by atoms with Crippen LogP contribution in [0.5, 0.6) is 0 Å². The van der Waals surface area contributed by atoms with Gasteiger partial charge in [0.2, 0.25) is 11.8 Å². The van der Waals surface area contributed by atoms with Crippen molar-refractivity contribution in [3.05, 3.63) is 51.7 Å². The summed E-state index contributed by atoms with van der Waals surface area (Å²) in [5.41, 5.74) is 6.81. The van der Waals surface area contributed by atoms with Gasteiger partial charge in [-0.1, -0.05) is 31.4 Å². The molecule has 4 nitrogen and oxygen atoms in total. The van der Waals surface area contributed by atoms with Crippen LogP contribution in [0.15, 0.2) is 40.6 Å². The fourth-order valence-electron chi connectivity index (χ4n) is 3.51. The van der Waals surface area contributed by atoms with E-state index in [4.69, 9.17) is 5.73 Å². The predicted molar refractivity (Wildman–Crippen MR) is 108 cm³/mol. The molecule has 0 radical (unpaired) electrons. The van der Waals surface area contributed by atoms with E-state index in [0.717, 1.165) is 28.2 Å². The van der Waals surface area contributed by atoms with E-state index < -0.39 is 5.91 Å². The first-order valence-electron chi connectivity index (χ1n) is 8.91. The first-order chi connectivity index (χ1) is 12.6. The SMILES string of the molecule is CSc1cc(C(N)=O)ccc1C(C(=O)NC1CCCCC1)c1cccs1. The van der Waals surface area contributed by atoms with Gasteiger partial charge in [0.15, 0.2) is 0 Å². The van der Waals surface area contributed by atoms with Gasteiger partial charge in [0.05, 0.1) is 5.92 Å². The Morgan fingerprint density at radius 2 is 2.00 bits per heavy atom. The molecule has 1 unspecified atom stereocenters. The molecule has 2 amide bonds. The highest BCUT2D eigenvalue weighted by Gasteiger charge is 2.28. The largest absolute Gasteiger partial charge is 0.366 e. The van der Waals surface area contributed by atoms with Crippen LogP contribution in [0.3, 0.4) is 0 Å². The molecule has 0 spiro atoms. The number of hydrogen-bond donors (Lipinski definition) is 2. The molecule has 6 heteroatoms. The quantitative estimate of drug-likeness (QED) is 0.730. The second kappa shape index (κ2) is 8.73. The molecule has 3 N–H and O–H groups in total. The minimum Gasteiger partial charge on any atom is -0.366 e. The zero-order chi connectivity index (χ0) is 18.5. The van der Waals surface area contributed by atoms with Gasteiger partial charge in [-0.3, -0.25) is 9.59 Å². The van der Waals surface area contributed by atoms with Gasteiger partial charge in [-0.15, -0.1) is 23.1 Å². The number of benzene rings is 1. The molecule has 26 heavy (non-hydrogen) atoms. The van der Waals surface area contributed by atoms with Crippen LogP contribution in [0, 0.1) is 0 Å². The molecule has 1 atom stereocenters. The molecule has 1 saturated carbocycles. The summed E-state index contributed by atoms with van der Waals surface area (Å²) in [4.78, 5) is 26.6. The van der Waals surface area contributed by atoms with Crippen LogP contribution < -0.4 is 11.1 Å². The molecule has 1 aromatic carbocycles. The average Bonchev–Trinajstić information content (AvgIpc) is 3.17. The molecule has 1 fully saturated rings. The van der Waals surface area contributed by atoms with Crippen molar-refractivity contribution in [1.29, 1.82) is 0 Å². The number of carbonyl (C=O) groups excluding carboxylic acids is 2. The zero-order valence-electron chi connectivity index (χ0n) is 14.9. The molecule has 138 valence electrons. The Morgan fingerprint density at radius 3 is 2.62 bits per heavy atom. The molecular weight excluding hydrogens is 364 g/mol. The Kier molecular flexibility index (Phi) is 6.38. The molecular formula is C20H24N2O2S2. The summed E-state index contributed by atoms with van der Waals surface area (Å²) in [5.74, 6) is -0.769. The number of nitrogens with one attached hydrogen (secondary N) is 1. The fourth-order valence-corrected chi connectivity index (χ4v) is 5.02. The highest BCUT2D eigenvalue weighted by Crippen LogP contribution is 2.35. The number of carbonyl (C=O) groups is 2. The maximum absolute atomic E-state index is 13.2. The number of thiophene rings is 1. The number of hydrogen-bond acceptors (Lipinski definition) is 4. The van der Waals surface area contributed by atoms with Gasteiger partial charge in [0.1, 0.15) is 0 Å². The standard InChI is InChI=1S/C20H24N2O2S2/c1-25-17-12-13(19(21)23)9-10-15(17)18(16-8-5-11-26-16)20(24)22-14-6-3-2-4-7-14/h5,8-12,14,18H,2-4,6-7H2,1H3,(H2,21,23)(H,22,24). The number of thioether (sulfide) groups is 1. The first kappa shape index (κ1) is 19.0. The van der Waals surface area contributed by atoms with E-state index in [1.807, 2.05) is 29.8 Å². The Balaban J connectivity index is 1.94. The van der Waals surface area contributed by atoms with E-state index in [1.165, 1.54) is 31.0 Å². The summed E-state index contributed by atoms with van der Waals surface area (Å²) in [7, 11) is 0. The molecule has 3 rings (SSSR count). The van der Waals surface area contributed by atoms with Gasteiger partial charge in [0, 0.05) is 21.4 Å². The highest BCUT2D eigenvalue weighted by molar-refractivity contribution is 7.98. The molecule has 1 heterocycles. The highest BCUT2D eigenvalue weighted by atomic mass is 32.2. The molecule has 0 saturated heterocycles. The van der Waals surface area contributed by atoms with Crippen molar-refractivity contribution < 1.29 is 9.59 Å². The van der Waals surface area contributed by atoms with Crippen molar-refractivity contribution in [3.63, 3.8) is 0 Å². The molecule has 0 bridgehead atoms. The zero-order valence-corrected chi connectivity index (χ0v) is 16.5. The predicted octanol–water partition coefficient (Wildman–Crippen LogP) is 4.15. The monoisotopic (exact) mass is 388 g/mol. The van der Waals surface area contributed by atoms with Gasteiger partial charge in [-0.25, -0.2) is 0 Å². The Bertz CT molecular complexity index is 768. The second-order valence-corrected chi connectivity index (χ2v) is 8.44.